The van der Waals surface area contributed by atoms with Crippen LogP contribution in [0.15, 0.2) is 47.4 Å². The van der Waals surface area contributed by atoms with E-state index >= 15 is 0 Å². The van der Waals surface area contributed by atoms with Crippen LogP contribution in [0.3, 0.4) is 0 Å². The molecule has 3 rings (SSSR count). The van der Waals surface area contributed by atoms with Gasteiger partial charge in [0.2, 0.25) is 5.91 Å². The summed E-state index contributed by atoms with van der Waals surface area (Å²) >= 11 is 0. The highest BCUT2D eigenvalue weighted by Crippen LogP contribution is 2.32. The highest BCUT2D eigenvalue weighted by Gasteiger charge is 2.19. The minimum absolute atomic E-state index is 0.0329. The molecule has 0 radical (unpaired) electrons. The van der Waals surface area contributed by atoms with Crippen LogP contribution in [0.4, 0.5) is 5.69 Å². The summed E-state index contributed by atoms with van der Waals surface area (Å²) in [5.41, 5.74) is 0.594. The maximum Gasteiger partial charge on any atom is 0.262 e. The van der Waals surface area contributed by atoms with Gasteiger partial charge >= 0.3 is 0 Å². The summed E-state index contributed by atoms with van der Waals surface area (Å²) in [6, 6.07) is 10.3. The molecule has 0 saturated carbocycles. The molecule has 2 aromatic carbocycles. The van der Waals surface area contributed by atoms with Gasteiger partial charge in [-0.3, -0.25) is 14.3 Å². The third kappa shape index (κ3) is 5.17. The van der Waals surface area contributed by atoms with Gasteiger partial charge in [0, 0.05) is 23.9 Å². The van der Waals surface area contributed by atoms with Crippen molar-refractivity contribution in [2.24, 2.45) is 0 Å². The Balaban J connectivity index is 1.65. The normalized spacial score (nSPS) is 12.7. The molecule has 154 valence electrons. The lowest BCUT2D eigenvalue weighted by molar-refractivity contribution is -0.120. The zero-order valence-corrected chi connectivity index (χ0v) is 16.5. The Kier molecular flexibility index (Phi) is 6.23. The average Bonchev–Trinajstić information content (AvgIpc) is 2.72. The number of hydrogen-bond acceptors (Lipinski definition) is 6. The minimum atomic E-state index is -3.85. The monoisotopic (exact) mass is 419 g/mol. The zero-order chi connectivity index (χ0) is 20.9. The number of amides is 2. The fraction of sp³-hybridized carbons (Fsp3) is 0.263. The number of benzene rings is 2. The third-order valence-electron chi connectivity index (χ3n) is 4.01. The molecule has 29 heavy (non-hydrogen) atoms. The summed E-state index contributed by atoms with van der Waals surface area (Å²) < 4.78 is 38.5. The van der Waals surface area contributed by atoms with E-state index in [0.717, 1.165) is 0 Å². The Morgan fingerprint density at radius 2 is 1.66 bits per heavy atom. The molecule has 2 amide bonds. The standard InChI is InChI=1S/C19H21N3O6S/c1-2-20-18(23)12-21-19(24)13-3-5-14(6-4-13)22-29(25,26)15-7-8-16-17(11-15)28-10-9-27-16/h3-8,11,22H,2,9-10,12H2,1H3,(H,20,23)(H,21,24). The van der Waals surface area contributed by atoms with Crippen LogP contribution in [0.1, 0.15) is 17.3 Å². The lowest BCUT2D eigenvalue weighted by Crippen LogP contribution is -2.36. The van der Waals surface area contributed by atoms with Crippen LogP contribution >= 0.6 is 0 Å². The van der Waals surface area contributed by atoms with E-state index in [-0.39, 0.29) is 17.3 Å². The fourth-order valence-electron chi connectivity index (χ4n) is 2.62. The van der Waals surface area contributed by atoms with Crippen molar-refractivity contribution in [1.82, 2.24) is 10.6 Å². The van der Waals surface area contributed by atoms with E-state index in [2.05, 4.69) is 15.4 Å². The van der Waals surface area contributed by atoms with Gasteiger partial charge in [-0.05, 0) is 43.3 Å². The summed E-state index contributed by atoms with van der Waals surface area (Å²) in [5, 5.41) is 5.07. The molecule has 0 spiro atoms. The number of carbonyl (C=O) groups is 2. The SMILES string of the molecule is CCNC(=O)CNC(=O)c1ccc(NS(=O)(=O)c2ccc3c(c2)OCCO3)cc1. The predicted molar refractivity (Wildman–Crippen MR) is 106 cm³/mol. The number of likely N-dealkylation sites (N-methyl/N-ethyl adjacent to an activating group) is 1. The molecule has 0 bridgehead atoms. The smallest absolute Gasteiger partial charge is 0.262 e. The van der Waals surface area contributed by atoms with Gasteiger partial charge in [0.1, 0.15) is 13.2 Å². The average molecular weight is 419 g/mol. The van der Waals surface area contributed by atoms with E-state index in [9.17, 15) is 18.0 Å². The Hall–Kier alpha value is -3.27. The number of carbonyl (C=O) groups excluding carboxylic acids is 2. The largest absolute Gasteiger partial charge is 0.486 e. The van der Waals surface area contributed by atoms with E-state index in [1.54, 1.807) is 13.0 Å². The minimum Gasteiger partial charge on any atom is -0.486 e. The number of ether oxygens (including phenoxy) is 2. The van der Waals surface area contributed by atoms with Crippen molar-refractivity contribution in [3.63, 3.8) is 0 Å². The van der Waals surface area contributed by atoms with Gasteiger partial charge in [0.15, 0.2) is 11.5 Å². The van der Waals surface area contributed by atoms with Gasteiger partial charge in [-0.1, -0.05) is 0 Å². The first-order valence-corrected chi connectivity index (χ1v) is 10.4. The molecule has 0 aliphatic carbocycles. The van der Waals surface area contributed by atoms with Crippen LogP contribution in [0.2, 0.25) is 0 Å². The molecule has 2 aromatic rings. The van der Waals surface area contributed by atoms with E-state index in [1.807, 2.05) is 0 Å². The van der Waals surface area contributed by atoms with Gasteiger partial charge in [-0.25, -0.2) is 8.42 Å². The number of nitrogens with one attached hydrogen (secondary N) is 3. The number of fused-ring (bicyclic) bond motifs is 1. The lowest BCUT2D eigenvalue weighted by atomic mass is 10.2. The van der Waals surface area contributed by atoms with Crippen molar-refractivity contribution in [2.75, 3.05) is 31.0 Å². The first-order valence-electron chi connectivity index (χ1n) is 8.96. The molecule has 1 aliphatic rings. The molecule has 3 N–H and O–H groups in total. The van der Waals surface area contributed by atoms with Crippen LogP contribution in [0.25, 0.3) is 0 Å². The van der Waals surface area contributed by atoms with Crippen molar-refractivity contribution in [1.29, 1.82) is 0 Å². The fourth-order valence-corrected chi connectivity index (χ4v) is 3.69. The lowest BCUT2D eigenvalue weighted by Gasteiger charge is -2.19. The first-order chi connectivity index (χ1) is 13.9. The van der Waals surface area contributed by atoms with E-state index in [1.165, 1.54) is 36.4 Å². The van der Waals surface area contributed by atoms with Crippen LogP contribution in [-0.4, -0.2) is 46.5 Å². The quantitative estimate of drug-likeness (QED) is 0.618. The summed E-state index contributed by atoms with van der Waals surface area (Å²) in [6.45, 7) is 2.90. The summed E-state index contributed by atoms with van der Waals surface area (Å²) in [4.78, 5) is 23.5. The third-order valence-corrected chi connectivity index (χ3v) is 5.39. The number of hydrogen-bond donors (Lipinski definition) is 3. The topological polar surface area (TPSA) is 123 Å². The van der Waals surface area contributed by atoms with Gasteiger partial charge in [0.05, 0.1) is 11.4 Å². The summed E-state index contributed by atoms with van der Waals surface area (Å²) in [5.74, 6) is 0.151. The number of anilines is 1. The van der Waals surface area contributed by atoms with Gasteiger partial charge < -0.3 is 20.1 Å². The van der Waals surface area contributed by atoms with Crippen molar-refractivity contribution in [3.8, 4) is 11.5 Å². The van der Waals surface area contributed by atoms with Crippen LogP contribution in [0, 0.1) is 0 Å². The maximum absolute atomic E-state index is 12.6. The molecule has 10 heteroatoms. The van der Waals surface area contributed by atoms with Gasteiger partial charge in [-0.2, -0.15) is 0 Å². The second-order valence-corrected chi connectivity index (χ2v) is 7.81. The van der Waals surface area contributed by atoms with Gasteiger partial charge in [0.25, 0.3) is 15.9 Å². The molecule has 0 atom stereocenters. The number of sulfonamides is 1. The highest BCUT2D eigenvalue weighted by atomic mass is 32.2. The van der Waals surface area contributed by atoms with Crippen LogP contribution < -0.4 is 24.8 Å². The molecule has 1 heterocycles. The van der Waals surface area contributed by atoms with E-state index in [4.69, 9.17) is 9.47 Å². The van der Waals surface area contributed by atoms with Gasteiger partial charge in [-0.15, -0.1) is 0 Å². The molecule has 0 unspecified atom stereocenters. The van der Waals surface area contributed by atoms with Crippen molar-refractivity contribution in [3.05, 3.63) is 48.0 Å². The molecular weight excluding hydrogens is 398 g/mol. The Labute approximate surface area is 168 Å². The van der Waals surface area contributed by atoms with Crippen LogP contribution in [-0.2, 0) is 14.8 Å². The molecular formula is C19H21N3O6S. The Morgan fingerprint density at radius 3 is 2.34 bits per heavy atom. The van der Waals surface area contributed by atoms with E-state index in [0.29, 0.717) is 42.5 Å². The second-order valence-electron chi connectivity index (χ2n) is 6.12. The molecule has 1 aliphatic heterocycles. The van der Waals surface area contributed by atoms with Crippen molar-refractivity contribution >= 4 is 27.5 Å². The highest BCUT2D eigenvalue weighted by molar-refractivity contribution is 7.92. The molecule has 0 saturated heterocycles. The molecule has 9 nitrogen and oxygen atoms in total. The zero-order valence-electron chi connectivity index (χ0n) is 15.7. The summed E-state index contributed by atoms with van der Waals surface area (Å²) in [7, 11) is -3.85. The Morgan fingerprint density at radius 1 is 0.966 bits per heavy atom. The second kappa shape index (κ2) is 8.82. The van der Waals surface area contributed by atoms with E-state index < -0.39 is 15.9 Å². The maximum atomic E-state index is 12.6. The summed E-state index contributed by atoms with van der Waals surface area (Å²) in [6.07, 6.45) is 0. The molecule has 0 aromatic heterocycles. The molecule has 0 fully saturated rings. The van der Waals surface area contributed by atoms with Crippen LogP contribution in [0.5, 0.6) is 11.5 Å². The predicted octanol–water partition coefficient (Wildman–Crippen LogP) is 1.12. The number of rotatable bonds is 7. The van der Waals surface area contributed by atoms with Crippen molar-refractivity contribution in [2.45, 2.75) is 11.8 Å². The first kappa shape index (κ1) is 20.5. The Bertz CT molecular complexity index is 1010. The van der Waals surface area contributed by atoms with Crippen molar-refractivity contribution < 1.29 is 27.5 Å².